The molecule has 0 spiro atoms. The fraction of sp³-hybridized carbons (Fsp3) is 0.625. The number of sulfonamides is 1. The van der Waals surface area contributed by atoms with Gasteiger partial charge in [-0.25, -0.2) is 12.7 Å². The summed E-state index contributed by atoms with van der Waals surface area (Å²) in [6.45, 7) is 10.4. The van der Waals surface area contributed by atoms with Gasteiger partial charge in [0.15, 0.2) is 0 Å². The summed E-state index contributed by atoms with van der Waals surface area (Å²) in [5.74, 6) is 0. The monoisotopic (exact) mass is 312 g/mol. The molecule has 120 valence electrons. The maximum absolute atomic E-state index is 12.5. The van der Waals surface area contributed by atoms with Crippen LogP contribution in [0.4, 0.5) is 0 Å². The van der Waals surface area contributed by atoms with E-state index >= 15 is 0 Å². The summed E-state index contributed by atoms with van der Waals surface area (Å²) in [4.78, 5) is 0.355. The molecule has 0 bridgehead atoms. The van der Waals surface area contributed by atoms with Gasteiger partial charge in [-0.1, -0.05) is 39.8 Å². The van der Waals surface area contributed by atoms with E-state index in [1.54, 1.807) is 19.2 Å². The van der Waals surface area contributed by atoms with E-state index in [1.165, 1.54) is 4.31 Å². The van der Waals surface area contributed by atoms with Crippen molar-refractivity contribution >= 4 is 10.0 Å². The quantitative estimate of drug-likeness (QED) is 0.788. The largest absolute Gasteiger partial charge is 0.313 e. The molecule has 0 amide bonds. The van der Waals surface area contributed by atoms with E-state index in [4.69, 9.17) is 0 Å². The molecular formula is C16H28N2O2S. The number of hydrogen-bond donors (Lipinski definition) is 1. The van der Waals surface area contributed by atoms with Crippen molar-refractivity contribution < 1.29 is 8.42 Å². The van der Waals surface area contributed by atoms with E-state index in [0.717, 1.165) is 25.1 Å². The van der Waals surface area contributed by atoms with Crippen LogP contribution < -0.4 is 5.32 Å². The van der Waals surface area contributed by atoms with Crippen molar-refractivity contribution in [3.63, 3.8) is 0 Å². The second-order valence-corrected chi connectivity index (χ2v) is 8.69. The van der Waals surface area contributed by atoms with E-state index < -0.39 is 10.0 Å². The molecule has 0 aliphatic heterocycles. The zero-order valence-corrected chi connectivity index (χ0v) is 14.6. The number of benzene rings is 1. The molecule has 1 N–H and O–H groups in total. The lowest BCUT2D eigenvalue weighted by Crippen LogP contribution is -2.34. The van der Waals surface area contributed by atoms with Crippen LogP contribution in [0.2, 0.25) is 0 Å². The number of nitrogens with zero attached hydrogens (tertiary/aromatic N) is 1. The van der Waals surface area contributed by atoms with Gasteiger partial charge in [0, 0.05) is 20.1 Å². The Morgan fingerprint density at radius 3 is 2.19 bits per heavy atom. The van der Waals surface area contributed by atoms with Crippen LogP contribution >= 0.6 is 0 Å². The average Bonchev–Trinajstić information content (AvgIpc) is 2.37. The summed E-state index contributed by atoms with van der Waals surface area (Å²) in [6, 6.07) is 7.13. The molecule has 0 fully saturated rings. The Morgan fingerprint density at radius 1 is 1.14 bits per heavy atom. The van der Waals surface area contributed by atoms with E-state index in [1.807, 2.05) is 32.9 Å². The summed E-state index contributed by atoms with van der Waals surface area (Å²) in [5.41, 5.74) is 1.03. The Bertz CT molecular complexity index is 530. The molecule has 5 heteroatoms. The highest BCUT2D eigenvalue weighted by Gasteiger charge is 2.25. The molecule has 0 heterocycles. The molecule has 21 heavy (non-hydrogen) atoms. The third kappa shape index (κ3) is 5.77. The molecule has 0 unspecified atom stereocenters. The molecular weight excluding hydrogens is 284 g/mol. The molecule has 0 atom stereocenters. The lowest BCUT2D eigenvalue weighted by atomic mass is 9.97. The highest BCUT2D eigenvalue weighted by molar-refractivity contribution is 7.89. The molecule has 0 aliphatic carbocycles. The van der Waals surface area contributed by atoms with Crippen LogP contribution in [0.25, 0.3) is 0 Å². The van der Waals surface area contributed by atoms with Gasteiger partial charge in [-0.2, -0.15) is 0 Å². The third-order valence-corrected chi connectivity index (χ3v) is 4.90. The summed E-state index contributed by atoms with van der Waals surface area (Å²) < 4.78 is 26.4. The van der Waals surface area contributed by atoms with E-state index in [0.29, 0.717) is 11.4 Å². The molecule has 0 aromatic heterocycles. The predicted octanol–water partition coefficient (Wildman–Crippen LogP) is 2.85. The molecule has 0 saturated carbocycles. The van der Waals surface area contributed by atoms with E-state index in [9.17, 15) is 8.42 Å². The molecule has 0 saturated heterocycles. The van der Waals surface area contributed by atoms with Crippen LogP contribution in [0.1, 0.15) is 39.7 Å². The fourth-order valence-corrected chi connectivity index (χ4v) is 3.52. The second kappa shape index (κ2) is 7.38. The van der Waals surface area contributed by atoms with Gasteiger partial charge >= 0.3 is 0 Å². The minimum atomic E-state index is -3.40. The van der Waals surface area contributed by atoms with Crippen molar-refractivity contribution in [3.8, 4) is 0 Å². The van der Waals surface area contributed by atoms with Crippen LogP contribution in [0.5, 0.6) is 0 Å². The van der Waals surface area contributed by atoms with E-state index in [-0.39, 0.29) is 5.41 Å². The van der Waals surface area contributed by atoms with Gasteiger partial charge in [-0.15, -0.1) is 0 Å². The van der Waals surface area contributed by atoms with Crippen LogP contribution in [-0.4, -0.2) is 32.9 Å². The normalized spacial score (nSPS) is 12.9. The Labute approximate surface area is 129 Å². The van der Waals surface area contributed by atoms with Crippen LogP contribution in [0.15, 0.2) is 29.2 Å². The highest BCUT2D eigenvalue weighted by atomic mass is 32.2. The van der Waals surface area contributed by atoms with Crippen molar-refractivity contribution in [1.82, 2.24) is 9.62 Å². The topological polar surface area (TPSA) is 49.4 Å². The highest BCUT2D eigenvalue weighted by Crippen LogP contribution is 2.21. The molecule has 0 radical (unpaired) electrons. The minimum Gasteiger partial charge on any atom is -0.313 e. The molecule has 1 rings (SSSR count). The van der Waals surface area contributed by atoms with Gasteiger partial charge in [0.25, 0.3) is 0 Å². The zero-order chi connectivity index (χ0) is 16.1. The fourth-order valence-electron chi connectivity index (χ4n) is 2.12. The summed E-state index contributed by atoms with van der Waals surface area (Å²) in [7, 11) is -1.76. The molecule has 1 aromatic carbocycles. The number of nitrogens with one attached hydrogen (secondary N) is 1. The Hall–Kier alpha value is -0.910. The first-order chi connectivity index (χ1) is 9.66. The van der Waals surface area contributed by atoms with Crippen molar-refractivity contribution in [2.24, 2.45) is 5.41 Å². The third-order valence-electron chi connectivity index (χ3n) is 3.08. The van der Waals surface area contributed by atoms with Gasteiger partial charge in [-0.3, -0.25) is 0 Å². The Morgan fingerprint density at radius 2 is 1.71 bits per heavy atom. The van der Waals surface area contributed by atoms with Crippen molar-refractivity contribution in [1.29, 1.82) is 0 Å². The summed E-state index contributed by atoms with van der Waals surface area (Å²) >= 11 is 0. The van der Waals surface area contributed by atoms with Crippen LogP contribution in [-0.2, 0) is 16.6 Å². The smallest absolute Gasteiger partial charge is 0.242 e. The number of hydrogen-bond acceptors (Lipinski definition) is 3. The molecule has 0 aliphatic rings. The lowest BCUT2D eigenvalue weighted by molar-refractivity contribution is 0.311. The van der Waals surface area contributed by atoms with Crippen molar-refractivity contribution in [2.75, 3.05) is 20.1 Å². The van der Waals surface area contributed by atoms with Crippen molar-refractivity contribution in [2.45, 2.75) is 45.6 Å². The van der Waals surface area contributed by atoms with Gasteiger partial charge in [0.2, 0.25) is 10.0 Å². The molecule has 4 nitrogen and oxygen atoms in total. The second-order valence-electron chi connectivity index (χ2n) is 6.64. The minimum absolute atomic E-state index is 0.0637. The van der Waals surface area contributed by atoms with Gasteiger partial charge < -0.3 is 5.32 Å². The van der Waals surface area contributed by atoms with Gasteiger partial charge in [0.05, 0.1) is 4.90 Å². The van der Waals surface area contributed by atoms with E-state index in [2.05, 4.69) is 12.2 Å². The summed E-state index contributed by atoms with van der Waals surface area (Å²) in [5, 5.41) is 3.30. The van der Waals surface area contributed by atoms with Crippen molar-refractivity contribution in [3.05, 3.63) is 29.8 Å². The Balaban J connectivity index is 2.80. The Kier molecular flexibility index (Phi) is 6.38. The maximum Gasteiger partial charge on any atom is 0.242 e. The first-order valence-electron chi connectivity index (χ1n) is 7.43. The predicted molar refractivity (Wildman–Crippen MR) is 87.7 cm³/mol. The first-order valence-corrected chi connectivity index (χ1v) is 8.87. The molecule has 1 aromatic rings. The first kappa shape index (κ1) is 18.1. The zero-order valence-electron chi connectivity index (χ0n) is 13.8. The lowest BCUT2D eigenvalue weighted by Gasteiger charge is -2.26. The summed E-state index contributed by atoms with van der Waals surface area (Å²) in [6.07, 6.45) is 1.09. The van der Waals surface area contributed by atoms with Gasteiger partial charge in [0.1, 0.15) is 0 Å². The van der Waals surface area contributed by atoms with Gasteiger partial charge in [-0.05, 0) is 36.1 Å². The standard InChI is InChI=1S/C16H28N2O2S/c1-6-11-17-12-14-7-9-15(10-8-14)21(19,20)18(5)13-16(2,3)4/h7-10,17H,6,11-13H2,1-5H3. The van der Waals surface area contributed by atoms with Crippen LogP contribution in [0.3, 0.4) is 0 Å². The maximum atomic E-state index is 12.5. The number of rotatable bonds is 7. The SMILES string of the molecule is CCCNCc1ccc(S(=O)(=O)N(C)CC(C)(C)C)cc1. The van der Waals surface area contributed by atoms with Crippen LogP contribution in [0, 0.1) is 5.41 Å². The average molecular weight is 312 g/mol.